The van der Waals surface area contributed by atoms with E-state index in [1.165, 1.54) is 6.92 Å². The van der Waals surface area contributed by atoms with Gasteiger partial charge >= 0.3 is 6.03 Å². The van der Waals surface area contributed by atoms with Gasteiger partial charge in [-0.1, -0.05) is 0 Å². The first kappa shape index (κ1) is 37.2. The van der Waals surface area contributed by atoms with E-state index in [9.17, 15) is 33.6 Å². The van der Waals surface area contributed by atoms with Crippen LogP contribution in [0.25, 0.3) is 0 Å². The summed E-state index contributed by atoms with van der Waals surface area (Å²) >= 11 is 0. The summed E-state index contributed by atoms with van der Waals surface area (Å²) < 4.78 is 0. The lowest BCUT2D eigenvalue weighted by atomic mass is 10.0. The minimum atomic E-state index is -1.52. The number of aliphatic imine (C=N–C) groups is 1. The van der Waals surface area contributed by atoms with Gasteiger partial charge in [0.25, 0.3) is 5.91 Å². The number of urea groups is 1. The quantitative estimate of drug-likeness (QED) is 0.103. The van der Waals surface area contributed by atoms with Gasteiger partial charge in [-0.25, -0.2) is 4.79 Å². The number of nitrogens with zero attached hydrogens (tertiary/aromatic N) is 1. The molecule has 256 valence electrons. The first-order valence-electron chi connectivity index (χ1n) is 14.5. The van der Waals surface area contributed by atoms with Crippen molar-refractivity contribution in [1.29, 1.82) is 0 Å². The molecule has 2 heterocycles. The summed E-state index contributed by atoms with van der Waals surface area (Å²) in [5.74, 6) is -5.04. The normalized spacial score (nSPS) is 26.6. The number of carbonyl (C=O) groups is 7. The zero-order valence-corrected chi connectivity index (χ0v) is 25.4. The van der Waals surface area contributed by atoms with Crippen LogP contribution in [0.3, 0.4) is 0 Å². The molecule has 21 heteroatoms. The molecule has 2 unspecified atom stereocenters. The molecule has 6 atom stereocenters. The summed E-state index contributed by atoms with van der Waals surface area (Å²) in [7, 11) is 0. The molecule has 2 aliphatic heterocycles. The van der Waals surface area contributed by atoms with Gasteiger partial charge in [-0.15, -0.1) is 0 Å². The van der Waals surface area contributed by atoms with Crippen LogP contribution in [0.15, 0.2) is 16.9 Å². The molecule has 0 aromatic carbocycles. The van der Waals surface area contributed by atoms with Crippen molar-refractivity contribution in [2.75, 3.05) is 26.2 Å². The minimum absolute atomic E-state index is 0.0101. The molecular weight excluding hydrogens is 608 g/mol. The standard InChI is InChI=1S/C25H44N14O7/c1-11-19(41)36-15(9-32-17(40)7-12(27)3-2-5-26)21(43)37-16(10-34-25(30)46)22(44)39-18(14-4-6-31-24(29)38-14)23(45)33-8-13(28)20(42)35-11/h10-15,18H,2-9,26-28H2,1H3,(H,32,40)(H,33,45)(H,35,42)(H,36,41)(H,37,43)(H,39,44)(H3,29,31,38)(H3,30,34,46)/b16-10-/t11-,12-,13?,14?,15-,18-/m0/s1. The Morgan fingerprint density at radius 3 is 2.41 bits per heavy atom. The van der Waals surface area contributed by atoms with E-state index in [1.54, 1.807) is 0 Å². The number of guanidine groups is 1. The van der Waals surface area contributed by atoms with Crippen LogP contribution in [-0.4, -0.2) is 110 Å². The van der Waals surface area contributed by atoms with Gasteiger partial charge in [0.1, 0.15) is 29.9 Å². The summed E-state index contributed by atoms with van der Waals surface area (Å²) in [6, 6.07) is -7.79. The van der Waals surface area contributed by atoms with Gasteiger partial charge in [-0.05, 0) is 32.7 Å². The molecule has 0 saturated carbocycles. The molecule has 2 rings (SSSR count). The lowest BCUT2D eigenvalue weighted by Gasteiger charge is -2.31. The van der Waals surface area contributed by atoms with Gasteiger partial charge in [-0.2, -0.15) is 0 Å². The van der Waals surface area contributed by atoms with Crippen LogP contribution in [0.1, 0.15) is 32.6 Å². The van der Waals surface area contributed by atoms with Crippen LogP contribution in [0.2, 0.25) is 0 Å². The molecular formula is C25H44N14O7. The van der Waals surface area contributed by atoms with E-state index in [1.807, 2.05) is 0 Å². The Morgan fingerprint density at radius 2 is 1.76 bits per heavy atom. The smallest absolute Gasteiger partial charge is 0.316 e. The predicted molar refractivity (Wildman–Crippen MR) is 163 cm³/mol. The number of rotatable bonds is 9. The molecule has 0 bridgehead atoms. The number of hydrogen-bond donors (Lipinski definition) is 13. The van der Waals surface area contributed by atoms with Gasteiger partial charge in [-0.3, -0.25) is 33.8 Å². The third kappa shape index (κ3) is 12.2. The molecule has 46 heavy (non-hydrogen) atoms. The molecule has 0 aromatic heterocycles. The summed E-state index contributed by atoms with van der Waals surface area (Å²) in [5.41, 5.74) is 27.7. The monoisotopic (exact) mass is 652 g/mol. The van der Waals surface area contributed by atoms with Crippen molar-refractivity contribution in [3.8, 4) is 0 Å². The predicted octanol–water partition coefficient (Wildman–Crippen LogP) is -7.21. The molecule has 18 N–H and O–H groups in total. The number of primary amides is 1. The highest BCUT2D eigenvalue weighted by Gasteiger charge is 2.34. The molecule has 8 amide bonds. The maximum Gasteiger partial charge on any atom is 0.316 e. The fraction of sp³-hybridized carbons (Fsp3) is 0.600. The molecule has 1 saturated heterocycles. The number of nitrogens with two attached hydrogens (primary N) is 5. The number of amides is 8. The van der Waals surface area contributed by atoms with Crippen LogP contribution in [0.5, 0.6) is 0 Å². The summed E-state index contributed by atoms with van der Waals surface area (Å²) in [5, 5.41) is 19.4. The van der Waals surface area contributed by atoms with Gasteiger partial charge in [0.15, 0.2) is 5.96 Å². The maximum absolute atomic E-state index is 13.4. The van der Waals surface area contributed by atoms with Crippen molar-refractivity contribution in [2.45, 2.75) is 68.9 Å². The molecule has 1 fully saturated rings. The SMILES string of the molecule is C[C@@H]1NC(=O)C(N)CNC(=O)[C@H](C2CCN=C(N)N2)NC(=O)/C(=C/NC(N)=O)NC(=O)[C@H](CNC(=O)C[C@@H](N)CCCN)NC1=O. The Labute approximate surface area is 264 Å². The third-order valence-electron chi connectivity index (χ3n) is 6.84. The Balaban J connectivity index is 2.42. The van der Waals surface area contributed by atoms with Crippen LogP contribution in [0.4, 0.5) is 4.79 Å². The van der Waals surface area contributed by atoms with E-state index < -0.39 is 90.0 Å². The second-order valence-electron chi connectivity index (χ2n) is 10.7. The highest BCUT2D eigenvalue weighted by atomic mass is 16.2. The van der Waals surface area contributed by atoms with Crippen LogP contribution >= 0.6 is 0 Å². The fourth-order valence-corrected chi connectivity index (χ4v) is 4.28. The highest BCUT2D eigenvalue weighted by molar-refractivity contribution is 6.02. The molecule has 0 aliphatic carbocycles. The third-order valence-corrected chi connectivity index (χ3v) is 6.84. The first-order chi connectivity index (χ1) is 21.7. The van der Waals surface area contributed by atoms with E-state index in [-0.39, 0.29) is 31.9 Å². The van der Waals surface area contributed by atoms with Gasteiger partial charge in [0.05, 0.1) is 6.04 Å². The molecule has 0 aromatic rings. The topological polar surface area (TPSA) is 358 Å². The second-order valence-corrected chi connectivity index (χ2v) is 10.7. The van der Waals surface area contributed by atoms with Crippen molar-refractivity contribution in [3.05, 3.63) is 11.9 Å². The average molecular weight is 653 g/mol. The van der Waals surface area contributed by atoms with Crippen molar-refractivity contribution >= 4 is 47.4 Å². The van der Waals surface area contributed by atoms with Gasteiger partial charge in [0.2, 0.25) is 29.5 Å². The Hall–Kier alpha value is -5.02. The van der Waals surface area contributed by atoms with Crippen LogP contribution in [-0.2, 0) is 28.8 Å². The molecule has 2 aliphatic rings. The van der Waals surface area contributed by atoms with Crippen molar-refractivity contribution in [1.82, 2.24) is 42.5 Å². The van der Waals surface area contributed by atoms with Gasteiger partial charge in [0, 0.05) is 38.3 Å². The zero-order valence-electron chi connectivity index (χ0n) is 25.4. The lowest BCUT2D eigenvalue weighted by molar-refractivity contribution is -0.133. The maximum atomic E-state index is 13.4. The minimum Gasteiger partial charge on any atom is -0.370 e. The van der Waals surface area contributed by atoms with E-state index >= 15 is 0 Å². The van der Waals surface area contributed by atoms with Crippen molar-refractivity contribution in [3.63, 3.8) is 0 Å². The van der Waals surface area contributed by atoms with Crippen LogP contribution in [0, 0.1) is 0 Å². The van der Waals surface area contributed by atoms with E-state index in [4.69, 9.17) is 28.7 Å². The molecule has 0 radical (unpaired) electrons. The summed E-state index contributed by atoms with van der Waals surface area (Å²) in [4.78, 5) is 93.7. The Kier molecular flexibility index (Phi) is 14.6. The number of nitrogens with one attached hydrogen (secondary N) is 8. The highest BCUT2D eigenvalue weighted by Crippen LogP contribution is 2.07. The first-order valence-corrected chi connectivity index (χ1v) is 14.5. The van der Waals surface area contributed by atoms with Gasteiger partial charge < -0.3 is 71.2 Å². The lowest BCUT2D eigenvalue weighted by Crippen LogP contribution is -2.63. The summed E-state index contributed by atoms with van der Waals surface area (Å²) in [6.45, 7) is 1.08. The number of carbonyl (C=O) groups excluding carboxylic acids is 7. The van der Waals surface area contributed by atoms with E-state index in [2.05, 4.69) is 47.5 Å². The van der Waals surface area contributed by atoms with E-state index in [0.717, 1.165) is 6.20 Å². The molecule has 0 spiro atoms. The van der Waals surface area contributed by atoms with Crippen LogP contribution < -0.4 is 71.2 Å². The largest absolute Gasteiger partial charge is 0.370 e. The second kappa shape index (κ2) is 18.1. The Bertz CT molecular complexity index is 1230. The fourth-order valence-electron chi connectivity index (χ4n) is 4.28. The summed E-state index contributed by atoms with van der Waals surface area (Å²) in [6.07, 6.45) is 2.01. The zero-order chi connectivity index (χ0) is 34.4. The van der Waals surface area contributed by atoms with Crippen molar-refractivity contribution in [2.24, 2.45) is 33.7 Å². The van der Waals surface area contributed by atoms with Crippen molar-refractivity contribution < 1.29 is 33.6 Å². The average Bonchev–Trinajstić information content (AvgIpc) is 3.00. The van der Waals surface area contributed by atoms with E-state index in [0.29, 0.717) is 19.4 Å². The Morgan fingerprint density at radius 1 is 1.04 bits per heavy atom. The number of hydrogen-bond acceptors (Lipinski definition) is 13. The molecule has 21 nitrogen and oxygen atoms in total.